The van der Waals surface area contributed by atoms with Crippen molar-refractivity contribution in [2.24, 2.45) is 0 Å². The molecule has 1 saturated heterocycles. The number of hydrogen-bond donors (Lipinski definition) is 1. The second-order valence-electron chi connectivity index (χ2n) is 13.1. The highest BCUT2D eigenvalue weighted by molar-refractivity contribution is 5.90. The number of pyridine rings is 1. The minimum Gasteiger partial charge on any atom is -0.462 e. The first-order chi connectivity index (χ1) is 23.2. The molecule has 9 heteroatoms. The Kier molecular flexibility index (Phi) is 9.96. The monoisotopic (exact) mass is 649 g/mol. The van der Waals surface area contributed by atoms with Gasteiger partial charge in [-0.05, 0) is 79.8 Å². The highest BCUT2D eigenvalue weighted by Crippen LogP contribution is 2.43. The van der Waals surface area contributed by atoms with Crippen molar-refractivity contribution in [1.82, 2.24) is 19.7 Å². The molecule has 2 atom stereocenters. The third-order valence-corrected chi connectivity index (χ3v) is 9.90. The normalized spacial score (nSPS) is 17.0. The van der Waals surface area contributed by atoms with Crippen LogP contribution in [0.5, 0.6) is 0 Å². The summed E-state index contributed by atoms with van der Waals surface area (Å²) in [6, 6.07) is 19.4. The molecule has 6 rings (SSSR count). The molecule has 0 bridgehead atoms. The van der Waals surface area contributed by atoms with E-state index in [-0.39, 0.29) is 11.9 Å². The zero-order valence-corrected chi connectivity index (χ0v) is 28.8. The van der Waals surface area contributed by atoms with Gasteiger partial charge in [0.15, 0.2) is 5.82 Å². The van der Waals surface area contributed by atoms with Gasteiger partial charge in [-0.3, -0.25) is 4.79 Å². The topological polar surface area (TPSA) is 101 Å². The van der Waals surface area contributed by atoms with Gasteiger partial charge in [0.2, 0.25) is 0 Å². The summed E-state index contributed by atoms with van der Waals surface area (Å²) in [5.41, 5.74) is 9.78. The third-order valence-electron chi connectivity index (χ3n) is 9.90. The summed E-state index contributed by atoms with van der Waals surface area (Å²) < 4.78 is 7.02. The van der Waals surface area contributed by atoms with Crippen LogP contribution in [0, 0.1) is 0 Å². The summed E-state index contributed by atoms with van der Waals surface area (Å²) in [6.07, 6.45) is 4.04. The molecule has 1 amide bonds. The van der Waals surface area contributed by atoms with Gasteiger partial charge in [0, 0.05) is 37.7 Å². The summed E-state index contributed by atoms with van der Waals surface area (Å²) >= 11 is 0. The molecule has 2 aliphatic rings. The van der Waals surface area contributed by atoms with E-state index in [9.17, 15) is 14.7 Å². The van der Waals surface area contributed by atoms with Crippen molar-refractivity contribution >= 4 is 17.6 Å². The number of nitrogens with zero attached hydrogens (tertiary/aromatic N) is 5. The van der Waals surface area contributed by atoms with Crippen LogP contribution in [0.4, 0.5) is 5.69 Å². The van der Waals surface area contributed by atoms with Crippen LogP contribution in [-0.4, -0.2) is 69.0 Å². The number of carbonyl (C=O) groups excluding carboxylic acids is 2. The molecular formula is C39H47N5O4. The summed E-state index contributed by atoms with van der Waals surface area (Å²) in [6.45, 7) is 13.3. The van der Waals surface area contributed by atoms with E-state index in [0.29, 0.717) is 49.3 Å². The van der Waals surface area contributed by atoms with E-state index in [1.54, 1.807) is 29.6 Å². The van der Waals surface area contributed by atoms with Crippen molar-refractivity contribution in [3.05, 3.63) is 94.3 Å². The molecule has 1 N–H and O–H groups in total. The second-order valence-corrected chi connectivity index (χ2v) is 13.1. The number of hydrogen-bond acceptors (Lipinski definition) is 7. The van der Waals surface area contributed by atoms with Gasteiger partial charge in [-0.15, -0.1) is 0 Å². The van der Waals surface area contributed by atoms with Gasteiger partial charge in [0.25, 0.3) is 5.91 Å². The predicted molar refractivity (Wildman–Crippen MR) is 188 cm³/mol. The first-order valence-electron chi connectivity index (χ1n) is 17.4. The third kappa shape index (κ3) is 6.48. The molecule has 2 aromatic heterocycles. The maximum Gasteiger partial charge on any atom is 0.341 e. The van der Waals surface area contributed by atoms with Crippen molar-refractivity contribution in [3.63, 3.8) is 0 Å². The fourth-order valence-electron chi connectivity index (χ4n) is 7.52. The van der Waals surface area contributed by atoms with Crippen molar-refractivity contribution < 1.29 is 19.4 Å². The van der Waals surface area contributed by atoms with Crippen LogP contribution in [0.2, 0.25) is 0 Å². The number of aromatic nitrogens is 3. The predicted octanol–water partition coefficient (Wildman–Crippen LogP) is 6.45. The van der Waals surface area contributed by atoms with Gasteiger partial charge in [-0.25, -0.2) is 14.5 Å². The van der Waals surface area contributed by atoms with E-state index < -0.39 is 6.10 Å². The zero-order valence-electron chi connectivity index (χ0n) is 28.8. The van der Waals surface area contributed by atoms with Crippen LogP contribution in [-0.2, 0) is 28.9 Å². The van der Waals surface area contributed by atoms with Crippen molar-refractivity contribution in [2.45, 2.75) is 84.8 Å². The van der Waals surface area contributed by atoms with Gasteiger partial charge in [-0.2, -0.15) is 5.10 Å². The van der Waals surface area contributed by atoms with Crippen molar-refractivity contribution in [1.29, 1.82) is 0 Å². The SMILES string of the molecule is CCOC(=O)c1cnn(-c2cccc(-c3cccc4c3N(Cc3ccc(C5CCN(C(=O)[C@H](C)O)CC5)c(CC)c3)CC4C)n2)c1CC. The Morgan fingerprint density at radius 3 is 2.48 bits per heavy atom. The fraction of sp³-hybridized carbons (Fsp3) is 0.436. The number of anilines is 1. The Morgan fingerprint density at radius 1 is 1.00 bits per heavy atom. The lowest BCUT2D eigenvalue weighted by molar-refractivity contribution is -0.140. The minimum absolute atomic E-state index is 0.170. The lowest BCUT2D eigenvalue weighted by atomic mass is 9.85. The highest BCUT2D eigenvalue weighted by Gasteiger charge is 2.30. The molecule has 0 radical (unpaired) electrons. The molecule has 2 aromatic carbocycles. The number of aryl methyl sites for hydroxylation is 1. The Hall–Kier alpha value is -4.50. The largest absolute Gasteiger partial charge is 0.462 e. The van der Waals surface area contributed by atoms with E-state index in [1.807, 2.05) is 25.1 Å². The number of para-hydroxylation sites is 1. The molecule has 1 unspecified atom stereocenters. The van der Waals surface area contributed by atoms with Gasteiger partial charge in [0.05, 0.1) is 29.9 Å². The van der Waals surface area contributed by atoms with E-state index in [1.165, 1.54) is 27.9 Å². The molecule has 2 aliphatic heterocycles. The molecule has 4 aromatic rings. The maximum absolute atomic E-state index is 12.6. The molecule has 0 aliphatic carbocycles. The van der Waals surface area contributed by atoms with E-state index in [4.69, 9.17) is 9.72 Å². The molecule has 0 spiro atoms. The standard InChI is InChI=1S/C39H47N5O4/c1-6-28-21-27(15-16-31(28)29-17-19-42(20-18-29)38(46)26(5)45)24-43-23-25(4)30-11-9-12-32(37(30)43)34-13-10-14-36(41-34)44-35(7-2)33(22-40-44)39(47)48-8-3/h9-16,21-22,25-26,29,45H,6-8,17-20,23-24H2,1-5H3/t25?,26-/m0/s1. The number of aliphatic hydroxyl groups excluding tert-OH is 1. The number of esters is 1. The molecule has 4 heterocycles. The molecule has 1 fully saturated rings. The van der Waals surface area contributed by atoms with Crippen LogP contribution in [0.15, 0.2) is 60.8 Å². The number of carbonyl (C=O) groups is 2. The summed E-state index contributed by atoms with van der Waals surface area (Å²) in [5, 5.41) is 14.3. The average Bonchev–Trinajstić information content (AvgIpc) is 3.69. The summed E-state index contributed by atoms with van der Waals surface area (Å²) in [5.74, 6) is 0.931. The van der Waals surface area contributed by atoms with Crippen LogP contribution in [0.3, 0.4) is 0 Å². The number of rotatable bonds is 10. The van der Waals surface area contributed by atoms with Crippen LogP contribution in [0.1, 0.15) is 97.6 Å². The molecule has 48 heavy (non-hydrogen) atoms. The van der Waals surface area contributed by atoms with Crippen LogP contribution >= 0.6 is 0 Å². The first kappa shape index (κ1) is 33.4. The number of likely N-dealkylation sites (tertiary alicyclic amines) is 1. The lowest BCUT2D eigenvalue weighted by Crippen LogP contribution is -2.42. The van der Waals surface area contributed by atoms with Crippen LogP contribution < -0.4 is 4.90 Å². The number of benzene rings is 2. The van der Waals surface area contributed by atoms with Gasteiger partial charge >= 0.3 is 5.97 Å². The molecule has 252 valence electrons. The molecule has 9 nitrogen and oxygen atoms in total. The number of aliphatic hydroxyl groups is 1. The van der Waals surface area contributed by atoms with Crippen molar-refractivity contribution in [2.75, 3.05) is 31.1 Å². The average molecular weight is 650 g/mol. The molecule has 0 saturated carbocycles. The van der Waals surface area contributed by atoms with Gasteiger partial charge < -0.3 is 19.6 Å². The maximum atomic E-state index is 12.6. The quantitative estimate of drug-likeness (QED) is 0.197. The van der Waals surface area contributed by atoms with Crippen molar-refractivity contribution in [3.8, 4) is 17.1 Å². The number of amides is 1. The number of piperidine rings is 1. The second kappa shape index (κ2) is 14.3. The first-order valence-corrected chi connectivity index (χ1v) is 17.4. The van der Waals surface area contributed by atoms with Crippen LogP contribution in [0.25, 0.3) is 17.1 Å². The minimum atomic E-state index is -0.943. The summed E-state index contributed by atoms with van der Waals surface area (Å²) in [4.78, 5) is 34.2. The Bertz CT molecular complexity index is 1790. The molecular weight excluding hydrogens is 602 g/mol. The van der Waals surface area contributed by atoms with E-state index in [2.05, 4.69) is 60.2 Å². The van der Waals surface area contributed by atoms with E-state index in [0.717, 1.165) is 49.3 Å². The van der Waals surface area contributed by atoms with Gasteiger partial charge in [0.1, 0.15) is 11.7 Å². The van der Waals surface area contributed by atoms with E-state index >= 15 is 0 Å². The Labute approximate surface area is 283 Å². The summed E-state index contributed by atoms with van der Waals surface area (Å²) in [7, 11) is 0. The fourth-order valence-corrected chi connectivity index (χ4v) is 7.52. The zero-order chi connectivity index (χ0) is 33.9. The van der Waals surface area contributed by atoms with Gasteiger partial charge in [-0.1, -0.05) is 63.2 Å². The Morgan fingerprint density at radius 2 is 1.77 bits per heavy atom. The number of fused-ring (bicyclic) bond motifs is 1. The smallest absolute Gasteiger partial charge is 0.341 e. The highest BCUT2D eigenvalue weighted by atomic mass is 16.5. The number of ether oxygens (including phenoxy) is 1. The Balaban J connectivity index is 1.26. The lowest BCUT2D eigenvalue weighted by Gasteiger charge is -2.34.